The average Bonchev–Trinajstić information content (AvgIpc) is 2.72. The molecule has 2 rings (SSSR count). The average molecular weight is 347 g/mol. The van der Waals surface area contributed by atoms with Gasteiger partial charge in [0.1, 0.15) is 6.61 Å². The predicted molar refractivity (Wildman–Crippen MR) is 100 cm³/mol. The predicted octanol–water partition coefficient (Wildman–Crippen LogP) is 4.92. The smallest absolute Gasteiger partial charge is 0.407 e. The number of hydrogen-bond acceptors (Lipinski definition) is 3. The summed E-state index contributed by atoms with van der Waals surface area (Å²) in [6, 6.07) is 9.67. The quantitative estimate of drug-likeness (QED) is 0.794. The van der Waals surface area contributed by atoms with Crippen LogP contribution >= 0.6 is 0 Å². The molecule has 25 heavy (non-hydrogen) atoms. The van der Waals surface area contributed by atoms with Gasteiger partial charge in [-0.3, -0.25) is 0 Å². The number of amides is 1. The highest BCUT2D eigenvalue weighted by Gasteiger charge is 2.48. The van der Waals surface area contributed by atoms with E-state index in [1.165, 1.54) is 0 Å². The SMILES string of the molecule is CC(C)(COC1C(C)(C)CCC1(C)C)NC(=O)OCc1ccccc1. The molecule has 1 aliphatic rings. The van der Waals surface area contributed by atoms with Crippen LogP contribution in [0.3, 0.4) is 0 Å². The lowest BCUT2D eigenvalue weighted by molar-refractivity contribution is -0.0750. The van der Waals surface area contributed by atoms with Gasteiger partial charge in [-0.1, -0.05) is 58.0 Å². The van der Waals surface area contributed by atoms with E-state index in [1.807, 2.05) is 44.2 Å². The molecule has 0 heterocycles. The van der Waals surface area contributed by atoms with Gasteiger partial charge in [-0.25, -0.2) is 4.79 Å². The fraction of sp³-hybridized carbons (Fsp3) is 0.667. The molecule has 0 bridgehead atoms. The third-order valence-corrected chi connectivity index (χ3v) is 5.10. The van der Waals surface area contributed by atoms with Crippen molar-refractivity contribution in [2.75, 3.05) is 6.61 Å². The number of benzene rings is 1. The number of ether oxygens (including phenoxy) is 2. The van der Waals surface area contributed by atoms with Gasteiger partial charge in [-0.2, -0.15) is 0 Å². The molecule has 1 fully saturated rings. The first kappa shape index (κ1) is 19.8. The fourth-order valence-electron chi connectivity index (χ4n) is 3.78. The normalized spacial score (nSPS) is 19.6. The van der Waals surface area contributed by atoms with E-state index in [2.05, 4.69) is 33.0 Å². The molecule has 1 N–H and O–H groups in total. The van der Waals surface area contributed by atoms with Crippen molar-refractivity contribution in [1.29, 1.82) is 0 Å². The number of hydrogen-bond donors (Lipinski definition) is 1. The molecule has 1 aromatic carbocycles. The largest absolute Gasteiger partial charge is 0.445 e. The Morgan fingerprint density at radius 1 is 1.12 bits per heavy atom. The Morgan fingerprint density at radius 2 is 1.68 bits per heavy atom. The maximum atomic E-state index is 12.1. The molecule has 0 aromatic heterocycles. The molecule has 0 aliphatic heterocycles. The zero-order chi connectivity index (χ0) is 18.7. The van der Waals surface area contributed by atoms with E-state index in [0.717, 1.165) is 18.4 Å². The van der Waals surface area contributed by atoms with Gasteiger partial charge in [-0.15, -0.1) is 0 Å². The van der Waals surface area contributed by atoms with Gasteiger partial charge in [0.25, 0.3) is 0 Å². The van der Waals surface area contributed by atoms with Crippen molar-refractivity contribution in [2.24, 2.45) is 10.8 Å². The Morgan fingerprint density at radius 3 is 2.24 bits per heavy atom. The Kier molecular flexibility index (Phi) is 5.82. The zero-order valence-corrected chi connectivity index (χ0v) is 16.5. The first-order valence-electron chi connectivity index (χ1n) is 9.12. The second-order valence-corrected chi connectivity index (χ2v) is 9.24. The summed E-state index contributed by atoms with van der Waals surface area (Å²) >= 11 is 0. The Labute approximate surface area is 152 Å². The van der Waals surface area contributed by atoms with Crippen LogP contribution in [-0.2, 0) is 16.1 Å². The van der Waals surface area contributed by atoms with E-state index in [9.17, 15) is 4.79 Å². The summed E-state index contributed by atoms with van der Waals surface area (Å²) in [6.45, 7) is 13.7. The van der Waals surface area contributed by atoms with Gasteiger partial charge in [-0.05, 0) is 43.1 Å². The summed E-state index contributed by atoms with van der Waals surface area (Å²) in [6.07, 6.45) is 2.10. The van der Waals surface area contributed by atoms with Crippen molar-refractivity contribution in [1.82, 2.24) is 5.32 Å². The van der Waals surface area contributed by atoms with Crippen LogP contribution in [0.2, 0.25) is 0 Å². The number of alkyl carbamates (subject to hydrolysis) is 1. The molecule has 1 aliphatic carbocycles. The van der Waals surface area contributed by atoms with Gasteiger partial charge in [0.15, 0.2) is 0 Å². The number of carbonyl (C=O) groups is 1. The highest BCUT2D eigenvalue weighted by molar-refractivity contribution is 5.68. The van der Waals surface area contributed by atoms with E-state index < -0.39 is 11.6 Å². The maximum absolute atomic E-state index is 12.1. The van der Waals surface area contributed by atoms with Crippen LogP contribution in [-0.4, -0.2) is 24.3 Å². The molecule has 0 unspecified atom stereocenters. The number of rotatable bonds is 6. The van der Waals surface area contributed by atoms with Crippen LogP contribution in [0.25, 0.3) is 0 Å². The van der Waals surface area contributed by atoms with Crippen LogP contribution in [0, 0.1) is 10.8 Å². The van der Waals surface area contributed by atoms with Crippen LogP contribution in [0.15, 0.2) is 30.3 Å². The lowest BCUT2D eigenvalue weighted by atomic mass is 9.81. The zero-order valence-electron chi connectivity index (χ0n) is 16.5. The fourth-order valence-corrected chi connectivity index (χ4v) is 3.78. The molecule has 1 saturated carbocycles. The summed E-state index contributed by atoms with van der Waals surface area (Å²) < 4.78 is 11.6. The number of nitrogens with one attached hydrogen (secondary N) is 1. The molecule has 1 aromatic rings. The first-order valence-corrected chi connectivity index (χ1v) is 9.12. The summed E-state index contributed by atoms with van der Waals surface area (Å²) in [5.74, 6) is 0. The van der Waals surface area contributed by atoms with Crippen molar-refractivity contribution in [3.05, 3.63) is 35.9 Å². The summed E-state index contributed by atoms with van der Waals surface area (Å²) in [4.78, 5) is 12.1. The van der Waals surface area contributed by atoms with Crippen LogP contribution < -0.4 is 5.32 Å². The summed E-state index contributed by atoms with van der Waals surface area (Å²) in [7, 11) is 0. The van der Waals surface area contributed by atoms with Crippen LogP contribution in [0.1, 0.15) is 59.9 Å². The molecular weight excluding hydrogens is 314 g/mol. The van der Waals surface area contributed by atoms with E-state index in [0.29, 0.717) is 6.61 Å². The molecule has 4 heteroatoms. The van der Waals surface area contributed by atoms with Gasteiger partial charge >= 0.3 is 6.09 Å². The van der Waals surface area contributed by atoms with Crippen molar-refractivity contribution in [3.8, 4) is 0 Å². The minimum absolute atomic E-state index is 0.160. The highest BCUT2D eigenvalue weighted by atomic mass is 16.5. The molecule has 0 spiro atoms. The Balaban J connectivity index is 1.83. The minimum Gasteiger partial charge on any atom is -0.445 e. The second-order valence-electron chi connectivity index (χ2n) is 9.24. The van der Waals surface area contributed by atoms with Gasteiger partial charge in [0, 0.05) is 0 Å². The minimum atomic E-state index is -0.484. The van der Waals surface area contributed by atoms with Crippen LogP contribution in [0.5, 0.6) is 0 Å². The third kappa shape index (κ3) is 5.46. The van der Waals surface area contributed by atoms with Crippen molar-refractivity contribution in [3.63, 3.8) is 0 Å². The third-order valence-electron chi connectivity index (χ3n) is 5.10. The van der Waals surface area contributed by atoms with Gasteiger partial charge < -0.3 is 14.8 Å². The first-order chi connectivity index (χ1) is 11.5. The van der Waals surface area contributed by atoms with Crippen molar-refractivity contribution in [2.45, 2.75) is 72.6 Å². The second kappa shape index (κ2) is 7.36. The molecule has 0 atom stereocenters. The molecule has 0 saturated heterocycles. The standard InChI is InChI=1S/C21H33NO3/c1-19(2)12-13-20(3,4)17(19)25-15-21(5,6)22-18(23)24-14-16-10-8-7-9-11-16/h7-11,17H,12-15H2,1-6H3,(H,22,23). The van der Waals surface area contributed by atoms with Gasteiger partial charge in [0.05, 0.1) is 18.2 Å². The lowest BCUT2D eigenvalue weighted by Gasteiger charge is -2.38. The number of carbonyl (C=O) groups excluding carboxylic acids is 1. The van der Waals surface area contributed by atoms with E-state index >= 15 is 0 Å². The molecule has 1 amide bonds. The molecule has 0 radical (unpaired) electrons. The lowest BCUT2D eigenvalue weighted by Crippen LogP contribution is -2.49. The Hall–Kier alpha value is -1.55. The van der Waals surface area contributed by atoms with Crippen LogP contribution in [0.4, 0.5) is 4.79 Å². The van der Waals surface area contributed by atoms with Crippen molar-refractivity contribution >= 4 is 6.09 Å². The summed E-state index contributed by atoms with van der Waals surface area (Å²) in [5, 5.41) is 2.92. The topological polar surface area (TPSA) is 47.6 Å². The Bertz CT molecular complexity index is 562. The molecule has 4 nitrogen and oxygen atoms in total. The van der Waals surface area contributed by atoms with E-state index in [1.54, 1.807) is 0 Å². The highest BCUT2D eigenvalue weighted by Crippen LogP contribution is 2.50. The van der Waals surface area contributed by atoms with E-state index in [-0.39, 0.29) is 23.5 Å². The monoisotopic (exact) mass is 347 g/mol. The van der Waals surface area contributed by atoms with Crippen molar-refractivity contribution < 1.29 is 14.3 Å². The maximum Gasteiger partial charge on any atom is 0.407 e. The summed E-state index contributed by atoms with van der Waals surface area (Å²) in [5.41, 5.74) is 0.810. The van der Waals surface area contributed by atoms with Gasteiger partial charge in [0.2, 0.25) is 0 Å². The molecule has 140 valence electrons. The van der Waals surface area contributed by atoms with E-state index in [4.69, 9.17) is 9.47 Å². The molecular formula is C21H33NO3.